The topological polar surface area (TPSA) is 72.9 Å². The molecule has 0 aromatic heterocycles. The molecule has 0 bridgehead atoms. The summed E-state index contributed by atoms with van der Waals surface area (Å²) in [5.74, 6) is 0.580. The first-order valence-corrected chi connectivity index (χ1v) is 9.49. The molecule has 6 nitrogen and oxygen atoms in total. The maximum Gasteiger partial charge on any atom is 0.293 e. The van der Waals surface area contributed by atoms with E-state index in [1.165, 1.54) is 7.11 Å². The predicted molar refractivity (Wildman–Crippen MR) is 108 cm³/mol. The molecule has 0 saturated carbocycles. The highest BCUT2D eigenvalue weighted by atomic mass is 32.2. The molecular weight excluding hydrogens is 378 g/mol. The van der Waals surface area contributed by atoms with Crippen molar-refractivity contribution >= 4 is 34.8 Å². The number of hydrogen-bond acceptors (Lipinski definition) is 6. The van der Waals surface area contributed by atoms with Gasteiger partial charge in [-0.25, -0.2) is 0 Å². The predicted octanol–water partition coefficient (Wildman–Crippen LogP) is 4.01. The molecular formula is C21H19NO5S. The van der Waals surface area contributed by atoms with Crippen molar-refractivity contribution in [3.05, 3.63) is 64.6 Å². The molecule has 0 unspecified atom stereocenters. The number of carbonyl (C=O) groups is 3. The molecule has 2 aromatic rings. The minimum Gasteiger partial charge on any atom is -0.497 e. The van der Waals surface area contributed by atoms with Crippen LogP contribution in [0.4, 0.5) is 4.79 Å². The third-order valence-electron chi connectivity index (χ3n) is 4.08. The molecule has 1 fully saturated rings. The second kappa shape index (κ2) is 8.75. The van der Waals surface area contributed by atoms with Crippen molar-refractivity contribution in [2.45, 2.75) is 6.92 Å². The van der Waals surface area contributed by atoms with E-state index in [0.717, 1.165) is 28.0 Å². The van der Waals surface area contributed by atoms with Crippen molar-refractivity contribution in [1.82, 2.24) is 4.90 Å². The van der Waals surface area contributed by atoms with Gasteiger partial charge in [0.05, 0.1) is 25.2 Å². The Balaban J connectivity index is 1.71. The number of thioether (sulfide) groups is 1. The minimum absolute atomic E-state index is 0.289. The van der Waals surface area contributed by atoms with E-state index < -0.39 is 11.1 Å². The molecule has 0 radical (unpaired) electrons. The summed E-state index contributed by atoms with van der Waals surface area (Å²) in [6.07, 6.45) is 1.64. The van der Waals surface area contributed by atoms with Gasteiger partial charge in [-0.15, -0.1) is 0 Å². The Hall–Kier alpha value is -3.06. The number of hydrogen-bond donors (Lipinski definition) is 0. The number of carbonyl (C=O) groups excluding carboxylic acids is 3. The van der Waals surface area contributed by atoms with Crippen LogP contribution >= 0.6 is 11.8 Å². The molecule has 1 saturated heterocycles. The number of ketones is 1. The standard InChI is InChI=1S/C21H19NO5S/c1-3-27-17-8-4-14(5-9-17)12-19-20(24)22(21(25)28-19)13-18(23)15-6-10-16(26-2)11-7-15/h4-12H,3,13H2,1-2H3/b19-12-. The number of ether oxygens (including phenoxy) is 2. The van der Waals surface area contributed by atoms with E-state index in [1.807, 2.05) is 19.1 Å². The van der Waals surface area contributed by atoms with Gasteiger partial charge in [0.2, 0.25) is 0 Å². The van der Waals surface area contributed by atoms with Gasteiger partial charge in [-0.3, -0.25) is 19.3 Å². The number of nitrogens with zero attached hydrogens (tertiary/aromatic N) is 1. The van der Waals surface area contributed by atoms with E-state index in [1.54, 1.807) is 42.5 Å². The van der Waals surface area contributed by atoms with Crippen LogP contribution in [0.5, 0.6) is 11.5 Å². The molecule has 144 valence electrons. The lowest BCUT2D eigenvalue weighted by molar-refractivity contribution is -0.122. The molecule has 0 N–H and O–H groups in total. The molecule has 7 heteroatoms. The second-order valence-electron chi connectivity index (χ2n) is 5.92. The van der Waals surface area contributed by atoms with Crippen molar-refractivity contribution in [3.63, 3.8) is 0 Å². The lowest BCUT2D eigenvalue weighted by atomic mass is 10.1. The summed E-state index contributed by atoms with van der Waals surface area (Å²) < 4.78 is 10.4. The third-order valence-corrected chi connectivity index (χ3v) is 4.98. The first kappa shape index (κ1) is 19.7. The summed E-state index contributed by atoms with van der Waals surface area (Å²) in [4.78, 5) is 38.5. The summed E-state index contributed by atoms with van der Waals surface area (Å²) in [6, 6.07) is 13.7. The van der Waals surface area contributed by atoms with E-state index >= 15 is 0 Å². The Bertz CT molecular complexity index is 919. The van der Waals surface area contributed by atoms with Crippen LogP contribution in [0.3, 0.4) is 0 Å². The van der Waals surface area contributed by atoms with Crippen LogP contribution in [0.15, 0.2) is 53.4 Å². The second-order valence-corrected chi connectivity index (χ2v) is 6.91. The maximum absolute atomic E-state index is 12.6. The van der Waals surface area contributed by atoms with Crippen LogP contribution in [0, 0.1) is 0 Å². The van der Waals surface area contributed by atoms with Crippen LogP contribution in [0.25, 0.3) is 6.08 Å². The number of benzene rings is 2. The highest BCUT2D eigenvalue weighted by molar-refractivity contribution is 8.18. The van der Waals surface area contributed by atoms with E-state index in [-0.39, 0.29) is 17.2 Å². The average molecular weight is 397 g/mol. The van der Waals surface area contributed by atoms with Crippen LogP contribution in [-0.2, 0) is 4.79 Å². The van der Waals surface area contributed by atoms with E-state index in [2.05, 4.69) is 0 Å². The zero-order chi connectivity index (χ0) is 20.1. The van der Waals surface area contributed by atoms with Crippen LogP contribution in [0.1, 0.15) is 22.8 Å². The molecule has 1 aliphatic rings. The SMILES string of the molecule is CCOc1ccc(/C=C2\SC(=O)N(CC(=O)c3ccc(OC)cc3)C2=O)cc1. The maximum atomic E-state index is 12.6. The fourth-order valence-electron chi connectivity index (χ4n) is 2.63. The average Bonchev–Trinajstić information content (AvgIpc) is 2.97. The summed E-state index contributed by atoms with van der Waals surface area (Å²) >= 11 is 0.829. The largest absolute Gasteiger partial charge is 0.497 e. The van der Waals surface area contributed by atoms with Gasteiger partial charge in [-0.05, 0) is 66.7 Å². The fourth-order valence-corrected chi connectivity index (χ4v) is 3.46. The van der Waals surface area contributed by atoms with Gasteiger partial charge < -0.3 is 9.47 Å². The smallest absolute Gasteiger partial charge is 0.293 e. The summed E-state index contributed by atoms with van der Waals surface area (Å²) in [5, 5.41) is -0.455. The molecule has 28 heavy (non-hydrogen) atoms. The summed E-state index contributed by atoms with van der Waals surface area (Å²) in [5.41, 5.74) is 1.19. The molecule has 0 aliphatic carbocycles. The molecule has 0 spiro atoms. The number of amides is 2. The molecule has 1 aliphatic heterocycles. The summed E-state index contributed by atoms with van der Waals surface area (Å²) in [6.45, 7) is 2.18. The highest BCUT2D eigenvalue weighted by Gasteiger charge is 2.36. The van der Waals surface area contributed by atoms with Gasteiger partial charge >= 0.3 is 0 Å². The number of Topliss-reactive ketones (excluding diaryl/α,β-unsaturated/α-hetero) is 1. The molecule has 2 amide bonds. The Kier molecular flexibility index (Phi) is 6.16. The van der Waals surface area contributed by atoms with Gasteiger partial charge in [-0.2, -0.15) is 0 Å². The molecule has 2 aromatic carbocycles. The highest BCUT2D eigenvalue weighted by Crippen LogP contribution is 2.32. The van der Waals surface area contributed by atoms with Crippen molar-refractivity contribution in [2.24, 2.45) is 0 Å². The monoisotopic (exact) mass is 397 g/mol. The Labute approximate surface area is 167 Å². The quantitative estimate of drug-likeness (QED) is 0.519. The lowest BCUT2D eigenvalue weighted by Crippen LogP contribution is -2.33. The van der Waals surface area contributed by atoms with E-state index in [0.29, 0.717) is 17.9 Å². The zero-order valence-corrected chi connectivity index (χ0v) is 16.3. The first-order chi connectivity index (χ1) is 13.5. The number of imide groups is 1. The fraction of sp³-hybridized carbons (Fsp3) is 0.190. The van der Waals surface area contributed by atoms with Gasteiger partial charge in [0.25, 0.3) is 11.1 Å². The van der Waals surface area contributed by atoms with Gasteiger partial charge in [0.15, 0.2) is 5.78 Å². The minimum atomic E-state index is -0.467. The van der Waals surface area contributed by atoms with Crippen molar-refractivity contribution < 1.29 is 23.9 Å². The summed E-state index contributed by atoms with van der Waals surface area (Å²) in [7, 11) is 1.54. The Morgan fingerprint density at radius 1 is 1.04 bits per heavy atom. The van der Waals surface area contributed by atoms with Gasteiger partial charge in [0.1, 0.15) is 11.5 Å². The van der Waals surface area contributed by atoms with Crippen LogP contribution in [0.2, 0.25) is 0 Å². The molecule has 3 rings (SSSR count). The number of rotatable bonds is 7. The van der Waals surface area contributed by atoms with Crippen molar-refractivity contribution in [1.29, 1.82) is 0 Å². The van der Waals surface area contributed by atoms with Gasteiger partial charge in [0, 0.05) is 5.56 Å². The van der Waals surface area contributed by atoms with Crippen LogP contribution in [-0.4, -0.2) is 42.1 Å². The molecule has 1 heterocycles. The van der Waals surface area contributed by atoms with Crippen molar-refractivity contribution in [2.75, 3.05) is 20.3 Å². The van der Waals surface area contributed by atoms with Crippen LogP contribution < -0.4 is 9.47 Å². The van der Waals surface area contributed by atoms with E-state index in [9.17, 15) is 14.4 Å². The molecule has 0 atom stereocenters. The Morgan fingerprint density at radius 3 is 2.29 bits per heavy atom. The third kappa shape index (κ3) is 4.43. The Morgan fingerprint density at radius 2 is 1.68 bits per heavy atom. The van der Waals surface area contributed by atoms with Crippen molar-refractivity contribution in [3.8, 4) is 11.5 Å². The first-order valence-electron chi connectivity index (χ1n) is 8.67. The number of methoxy groups -OCH3 is 1. The normalized spacial score (nSPS) is 15.2. The lowest BCUT2D eigenvalue weighted by Gasteiger charge is -2.11. The zero-order valence-electron chi connectivity index (χ0n) is 15.5. The van der Waals surface area contributed by atoms with E-state index in [4.69, 9.17) is 9.47 Å². The van der Waals surface area contributed by atoms with Gasteiger partial charge in [-0.1, -0.05) is 12.1 Å².